The zero-order chi connectivity index (χ0) is 16.7. The Kier molecular flexibility index (Phi) is 3.64. The third-order valence-corrected chi connectivity index (χ3v) is 153. The van der Waals surface area contributed by atoms with E-state index in [1.165, 1.54) is 0 Å². The Balaban J connectivity index is 0. The fourth-order valence-electron chi connectivity index (χ4n) is 3.75. The molecule has 0 amide bonds. The molecule has 1 nitrogen and oxygen atoms in total. The summed E-state index contributed by atoms with van der Waals surface area (Å²) in [5.74, 6) is -3.70. The maximum absolute atomic E-state index is 8.24. The van der Waals surface area contributed by atoms with Crippen LogP contribution in [-0.2, 0) is 8.94 Å². The Labute approximate surface area is 143 Å². The average molecular weight is 423 g/mol. The molecule has 1 rings (SSSR count). The van der Waals surface area contributed by atoms with Crippen molar-refractivity contribution in [1.29, 1.82) is 0 Å². The van der Waals surface area contributed by atoms with E-state index in [4.69, 9.17) is 4.22 Å². The van der Waals surface area contributed by atoms with Gasteiger partial charge < -0.3 is 0 Å². The van der Waals surface area contributed by atoms with Crippen LogP contribution in [0.1, 0.15) is 6.42 Å². The Bertz CT molecular complexity index is 608. The van der Waals surface area contributed by atoms with Crippen molar-refractivity contribution in [3.63, 3.8) is 0 Å². The molecule has 137 valence electrons. The molecule has 6 heteroatoms. The Morgan fingerprint density at radius 1 is 0.818 bits per heavy atom. The van der Waals surface area contributed by atoms with E-state index >= 15 is 0 Å². The van der Waals surface area contributed by atoms with Crippen LogP contribution >= 0.6 is 24.8 Å². The van der Waals surface area contributed by atoms with Crippen LogP contribution in [0.5, 0.6) is 0 Å². The largest absolute Gasteiger partial charge is 0.147 e. The molecule has 0 saturated heterocycles. The number of allylic oxidation sites excluding steroid dienone is 4. The van der Waals surface area contributed by atoms with E-state index in [1.54, 1.807) is 3.88 Å². The first-order chi connectivity index (χ1) is 7.84. The van der Waals surface area contributed by atoms with Crippen LogP contribution in [-0.4, -0.2) is 11.9 Å². The van der Waals surface area contributed by atoms with Crippen LogP contribution in [0.15, 0.2) is 22.1 Å². The second kappa shape index (κ2) is 3.15. The first kappa shape index (κ1) is 25.4. The second-order valence-corrected chi connectivity index (χ2v) is 104. The maximum Gasteiger partial charge on any atom is -0.147 e. The van der Waals surface area contributed by atoms with Gasteiger partial charge in [-0.15, -0.1) is 24.8 Å². The summed E-state index contributed by atoms with van der Waals surface area (Å²) in [6, 6.07) is 0. The van der Waals surface area contributed by atoms with Crippen LogP contribution in [0.25, 0.3) is 0 Å². The molecule has 0 atom stereocenters. The summed E-state index contributed by atoms with van der Waals surface area (Å²) in [5.41, 5.74) is 0. The SMILES string of the molecule is C[Si](C)(C)[Ti]([CH3])([CH3])([CH3])([CH3])([CH3])([NH2])([C]1=CC=CC1)[Si](C)(C)C.Cl.Cl. The summed E-state index contributed by atoms with van der Waals surface area (Å²) < 4.78 is 9.80. The summed E-state index contributed by atoms with van der Waals surface area (Å²) in [6.45, 7) is 15.1. The van der Waals surface area contributed by atoms with Crippen molar-refractivity contribution in [2.24, 2.45) is 4.22 Å². The minimum absolute atomic E-state index is 0. The predicted octanol–water partition coefficient (Wildman–Crippen LogP) is 7.29. The molecular weight excluding hydrogens is 381 g/mol. The molecule has 0 saturated carbocycles. The zero-order valence-electron chi connectivity index (χ0n) is 16.8. The van der Waals surface area contributed by atoms with Crippen LogP contribution in [0.4, 0.5) is 0 Å². The molecule has 0 bridgehead atoms. The molecule has 0 spiro atoms. The fraction of sp³-hybridized carbons (Fsp3) is 0.750. The van der Waals surface area contributed by atoms with Gasteiger partial charge in [-0.2, -0.15) is 0 Å². The van der Waals surface area contributed by atoms with Gasteiger partial charge in [-0.3, -0.25) is 0 Å². The van der Waals surface area contributed by atoms with Gasteiger partial charge in [-0.1, -0.05) is 0 Å². The van der Waals surface area contributed by atoms with Gasteiger partial charge in [0, 0.05) is 0 Å². The van der Waals surface area contributed by atoms with Crippen molar-refractivity contribution in [2.75, 3.05) is 0 Å². The predicted molar refractivity (Wildman–Crippen MR) is 117 cm³/mol. The third kappa shape index (κ3) is 1.65. The van der Waals surface area contributed by atoms with Gasteiger partial charge in [-0.25, -0.2) is 0 Å². The summed E-state index contributed by atoms with van der Waals surface area (Å²) in [4.78, 5) is 0. The standard InChI is InChI=1S/C5H5.2C3H9Si.5CH3.2ClH.H2N.Ti/c1-2-4-5-3-1;2*1-4(2)3;;;;;;;;;/h1-3H,4H2;2*1-3H3;5*1H3;2*1H;1H2;/q;;;;;;;;;;-1;+1. The number of rotatable bonds is 3. The molecule has 0 aliphatic heterocycles. The van der Waals surface area contributed by atoms with E-state index in [2.05, 4.69) is 83.7 Å². The Morgan fingerprint density at radius 2 is 1.14 bits per heavy atom. The molecule has 0 heterocycles. The number of nitrogens with two attached hydrogens (primary N) is 1. The van der Waals surface area contributed by atoms with E-state index in [9.17, 15) is 0 Å². The molecule has 0 aromatic carbocycles. The molecule has 1 aliphatic rings. The quantitative estimate of drug-likeness (QED) is 0.474. The van der Waals surface area contributed by atoms with Crippen molar-refractivity contribution < 1.29 is 8.94 Å². The topological polar surface area (TPSA) is 26.0 Å². The average Bonchev–Trinajstić information content (AvgIpc) is 2.46. The number of hydrogen-bond donors (Lipinski definition) is 1. The van der Waals surface area contributed by atoms with E-state index in [0.29, 0.717) is 0 Å². The monoisotopic (exact) mass is 422 g/mol. The van der Waals surface area contributed by atoms with Crippen LogP contribution in [0.3, 0.4) is 0 Å². The number of halogens is 2. The van der Waals surface area contributed by atoms with E-state index in [1.807, 2.05) is 0 Å². The summed E-state index contributed by atoms with van der Waals surface area (Å²) in [6.07, 6.45) is 7.93. The second-order valence-electron chi connectivity index (χ2n) is 16.8. The molecular formula is C16H42Cl2NSi2Ti. The molecule has 0 aromatic rings. The zero-order valence-corrected chi connectivity index (χ0v) is 22.0. The van der Waals surface area contributed by atoms with Gasteiger partial charge in [0.05, 0.1) is 0 Å². The van der Waals surface area contributed by atoms with Crippen molar-refractivity contribution in [1.82, 2.24) is 0 Å². The van der Waals surface area contributed by atoms with Crippen molar-refractivity contribution in [3.05, 3.63) is 22.1 Å². The third-order valence-electron chi connectivity index (χ3n) is 12.7. The summed E-state index contributed by atoms with van der Waals surface area (Å²) >= 11 is 0. The smallest absolute Gasteiger partial charge is 0.147 e. The Hall–Kier alpha value is 1.17. The van der Waals surface area contributed by atoms with Gasteiger partial charge in [0.2, 0.25) is 0 Å². The Morgan fingerprint density at radius 3 is 1.32 bits per heavy atom. The van der Waals surface area contributed by atoms with Crippen LogP contribution < -0.4 is 4.22 Å². The molecule has 0 radical (unpaired) electrons. The van der Waals surface area contributed by atoms with Crippen molar-refractivity contribution >= 4 is 36.7 Å². The van der Waals surface area contributed by atoms with E-state index < -0.39 is 20.8 Å². The van der Waals surface area contributed by atoms with E-state index in [0.717, 1.165) is 6.42 Å². The molecule has 0 unspecified atom stereocenters. The normalized spacial score (nSPS) is 25.6. The summed E-state index contributed by atoms with van der Waals surface area (Å²) in [7, 11) is -5.29. The van der Waals surface area contributed by atoms with Gasteiger partial charge in [0.25, 0.3) is 0 Å². The first-order valence-electron chi connectivity index (χ1n) is 8.26. The minimum atomic E-state index is -5.29. The van der Waals surface area contributed by atoms with Crippen molar-refractivity contribution in [3.8, 4) is 0 Å². The van der Waals surface area contributed by atoms with Gasteiger partial charge in [-0.05, 0) is 0 Å². The van der Waals surface area contributed by atoms with E-state index in [-0.39, 0.29) is 24.8 Å². The molecule has 0 fully saturated rings. The summed E-state index contributed by atoms with van der Waals surface area (Å²) in [5, 5.41) is 12.9. The molecule has 22 heavy (non-hydrogen) atoms. The van der Waals surface area contributed by atoms with Gasteiger partial charge >= 0.3 is 119 Å². The van der Waals surface area contributed by atoms with Crippen LogP contribution in [0, 0.1) is 0 Å². The van der Waals surface area contributed by atoms with Gasteiger partial charge in [0.1, 0.15) is 0 Å². The molecule has 1 aliphatic carbocycles. The maximum atomic E-state index is 8.24. The molecule has 2 N–H and O–H groups in total. The number of hydrogen-bond acceptors (Lipinski definition) is 1. The first-order valence-corrected chi connectivity index (χ1v) is 29.4. The van der Waals surface area contributed by atoms with Crippen molar-refractivity contribution in [2.45, 2.75) is 71.8 Å². The van der Waals surface area contributed by atoms with Crippen LogP contribution in [0.2, 0.25) is 65.4 Å². The molecule has 0 aromatic heterocycles. The van der Waals surface area contributed by atoms with Gasteiger partial charge in [0.15, 0.2) is 0 Å². The fourth-order valence-corrected chi connectivity index (χ4v) is 61.0. The minimum Gasteiger partial charge on any atom is -0.147 e.